The van der Waals surface area contributed by atoms with E-state index in [1.165, 1.54) is 43.2 Å². The summed E-state index contributed by atoms with van der Waals surface area (Å²) < 4.78 is 0. The third kappa shape index (κ3) is 5.96. The van der Waals surface area contributed by atoms with E-state index < -0.39 is 0 Å². The molecule has 0 aromatic heterocycles. The quantitative estimate of drug-likeness (QED) is 0.694. The van der Waals surface area contributed by atoms with Crippen molar-refractivity contribution < 1.29 is 4.79 Å². The summed E-state index contributed by atoms with van der Waals surface area (Å²) in [5, 5.41) is 0. The number of amides is 1. The molecule has 1 fully saturated rings. The molecular weight excluding hydrogens is 382 g/mol. The number of piperidine rings is 1. The van der Waals surface area contributed by atoms with Crippen LogP contribution in [0.5, 0.6) is 0 Å². The molecular formula is C27H37N3O. The molecule has 0 atom stereocenters. The van der Waals surface area contributed by atoms with Crippen LogP contribution in [-0.4, -0.2) is 47.9 Å². The Labute approximate surface area is 187 Å². The molecule has 31 heavy (non-hydrogen) atoms. The zero-order valence-electron chi connectivity index (χ0n) is 19.0. The van der Waals surface area contributed by atoms with Gasteiger partial charge in [-0.15, -0.1) is 0 Å². The van der Waals surface area contributed by atoms with Crippen molar-refractivity contribution >= 4 is 11.6 Å². The van der Waals surface area contributed by atoms with Crippen LogP contribution in [0.25, 0.3) is 0 Å². The summed E-state index contributed by atoms with van der Waals surface area (Å²) in [7, 11) is 0. The van der Waals surface area contributed by atoms with Gasteiger partial charge in [0.05, 0.1) is 0 Å². The highest BCUT2D eigenvalue weighted by Gasteiger charge is 2.26. The highest BCUT2D eigenvalue weighted by Crippen LogP contribution is 2.27. The molecule has 0 unspecified atom stereocenters. The average molecular weight is 420 g/mol. The molecule has 0 saturated carbocycles. The van der Waals surface area contributed by atoms with Gasteiger partial charge in [0.2, 0.25) is 5.91 Å². The van der Waals surface area contributed by atoms with E-state index in [0.717, 1.165) is 51.4 Å². The monoisotopic (exact) mass is 419 g/mol. The maximum absolute atomic E-state index is 12.4. The number of likely N-dealkylation sites (tertiary alicyclic amines) is 1. The SMILES string of the molecule is CC(=O)N1CCCCCCN(C2CCN(Cc3ccccc3)CC2)Cc2ccccc21. The van der Waals surface area contributed by atoms with E-state index in [2.05, 4.69) is 64.4 Å². The van der Waals surface area contributed by atoms with Crippen molar-refractivity contribution in [1.29, 1.82) is 0 Å². The number of carbonyl (C=O) groups is 1. The van der Waals surface area contributed by atoms with Gasteiger partial charge < -0.3 is 4.90 Å². The Morgan fingerprint density at radius 1 is 0.839 bits per heavy atom. The summed E-state index contributed by atoms with van der Waals surface area (Å²) in [4.78, 5) is 19.7. The van der Waals surface area contributed by atoms with Gasteiger partial charge in [-0.3, -0.25) is 14.6 Å². The summed E-state index contributed by atoms with van der Waals surface area (Å²) >= 11 is 0. The van der Waals surface area contributed by atoms with Crippen molar-refractivity contribution in [1.82, 2.24) is 9.80 Å². The molecule has 0 spiro atoms. The highest BCUT2D eigenvalue weighted by atomic mass is 16.2. The van der Waals surface area contributed by atoms with Crippen molar-refractivity contribution in [3.05, 3.63) is 65.7 Å². The van der Waals surface area contributed by atoms with Crippen molar-refractivity contribution in [2.45, 2.75) is 64.6 Å². The van der Waals surface area contributed by atoms with Gasteiger partial charge in [-0.25, -0.2) is 0 Å². The Balaban J connectivity index is 1.45. The second-order valence-corrected chi connectivity index (χ2v) is 9.18. The van der Waals surface area contributed by atoms with E-state index in [1.807, 2.05) is 4.90 Å². The number of hydrogen-bond donors (Lipinski definition) is 0. The molecule has 2 aliphatic heterocycles. The van der Waals surface area contributed by atoms with Crippen LogP contribution in [0.1, 0.15) is 56.6 Å². The van der Waals surface area contributed by atoms with Crippen LogP contribution < -0.4 is 4.90 Å². The highest BCUT2D eigenvalue weighted by molar-refractivity contribution is 5.92. The van der Waals surface area contributed by atoms with Gasteiger partial charge in [0, 0.05) is 38.3 Å². The Bertz CT molecular complexity index is 829. The van der Waals surface area contributed by atoms with Gasteiger partial charge in [0.25, 0.3) is 0 Å². The van der Waals surface area contributed by atoms with E-state index in [9.17, 15) is 4.79 Å². The maximum atomic E-state index is 12.4. The minimum absolute atomic E-state index is 0.160. The smallest absolute Gasteiger partial charge is 0.223 e. The van der Waals surface area contributed by atoms with E-state index in [1.54, 1.807) is 6.92 Å². The number of hydrogen-bond acceptors (Lipinski definition) is 3. The molecule has 0 radical (unpaired) electrons. The molecule has 2 aromatic rings. The largest absolute Gasteiger partial charge is 0.312 e. The predicted molar refractivity (Wildman–Crippen MR) is 128 cm³/mol. The molecule has 0 bridgehead atoms. The first kappa shape index (κ1) is 22.0. The lowest BCUT2D eigenvalue weighted by Crippen LogP contribution is -2.44. The molecule has 0 N–H and O–H groups in total. The van der Waals surface area contributed by atoms with Gasteiger partial charge >= 0.3 is 0 Å². The number of anilines is 1. The first-order valence-electron chi connectivity index (χ1n) is 12.1. The third-order valence-corrected chi connectivity index (χ3v) is 6.94. The standard InChI is InChI=1S/C27H37N3O/c1-23(31)30-18-10-3-2-9-17-29(22-25-13-7-8-14-27(25)30)26-15-19-28(20-16-26)21-24-11-5-4-6-12-24/h4-8,11-14,26H,2-3,9-10,15-22H2,1H3. The Morgan fingerprint density at radius 3 is 2.26 bits per heavy atom. The number of carbonyl (C=O) groups excluding carboxylic acids is 1. The average Bonchev–Trinajstić information content (AvgIpc) is 2.83. The number of benzene rings is 2. The predicted octanol–water partition coefficient (Wildman–Crippen LogP) is 5.08. The number of rotatable bonds is 3. The van der Waals surface area contributed by atoms with Gasteiger partial charge in [-0.05, 0) is 62.5 Å². The molecule has 4 rings (SSSR count). The lowest BCUT2D eigenvalue weighted by molar-refractivity contribution is -0.116. The van der Waals surface area contributed by atoms with Crippen LogP contribution in [0, 0.1) is 0 Å². The van der Waals surface area contributed by atoms with Gasteiger partial charge in [-0.2, -0.15) is 0 Å². The molecule has 2 heterocycles. The van der Waals surface area contributed by atoms with Gasteiger partial charge in [0.15, 0.2) is 0 Å². The van der Waals surface area contributed by atoms with Crippen LogP contribution in [-0.2, 0) is 17.9 Å². The summed E-state index contributed by atoms with van der Waals surface area (Å²) in [5.74, 6) is 0.160. The maximum Gasteiger partial charge on any atom is 0.223 e. The first-order valence-corrected chi connectivity index (χ1v) is 12.1. The number of nitrogens with zero attached hydrogens (tertiary/aromatic N) is 3. The van der Waals surface area contributed by atoms with Crippen LogP contribution in [0.2, 0.25) is 0 Å². The topological polar surface area (TPSA) is 26.8 Å². The van der Waals surface area contributed by atoms with E-state index in [0.29, 0.717) is 6.04 Å². The molecule has 166 valence electrons. The fraction of sp³-hybridized carbons (Fsp3) is 0.519. The first-order chi connectivity index (χ1) is 15.2. The van der Waals surface area contributed by atoms with Crippen LogP contribution in [0.4, 0.5) is 5.69 Å². The second kappa shape index (κ2) is 10.9. The molecule has 4 heteroatoms. The number of fused-ring (bicyclic) bond motifs is 1. The van der Waals surface area contributed by atoms with Crippen LogP contribution in [0.15, 0.2) is 54.6 Å². The molecule has 1 saturated heterocycles. The minimum atomic E-state index is 0.160. The summed E-state index contributed by atoms with van der Waals surface area (Å²) in [6, 6.07) is 20.0. The van der Waals surface area contributed by atoms with E-state index in [4.69, 9.17) is 0 Å². The van der Waals surface area contributed by atoms with Crippen LogP contribution >= 0.6 is 0 Å². The Kier molecular flexibility index (Phi) is 7.76. The molecule has 2 aromatic carbocycles. The van der Waals surface area contributed by atoms with Crippen molar-refractivity contribution in [3.63, 3.8) is 0 Å². The normalized spacial score (nSPS) is 20.1. The fourth-order valence-electron chi connectivity index (χ4n) is 5.19. The van der Waals surface area contributed by atoms with E-state index >= 15 is 0 Å². The minimum Gasteiger partial charge on any atom is -0.312 e. The number of para-hydroxylation sites is 1. The summed E-state index contributed by atoms with van der Waals surface area (Å²) in [5.41, 5.74) is 3.82. The molecule has 4 nitrogen and oxygen atoms in total. The summed E-state index contributed by atoms with van der Waals surface area (Å²) in [6.45, 7) is 8.04. The molecule has 0 aliphatic carbocycles. The Hall–Kier alpha value is -2.17. The van der Waals surface area contributed by atoms with E-state index in [-0.39, 0.29) is 5.91 Å². The van der Waals surface area contributed by atoms with Crippen molar-refractivity contribution in [3.8, 4) is 0 Å². The molecule has 2 aliphatic rings. The summed E-state index contributed by atoms with van der Waals surface area (Å²) in [6.07, 6.45) is 7.26. The second-order valence-electron chi connectivity index (χ2n) is 9.18. The third-order valence-electron chi connectivity index (χ3n) is 6.94. The molecule has 1 amide bonds. The van der Waals surface area contributed by atoms with Crippen LogP contribution in [0.3, 0.4) is 0 Å². The lowest BCUT2D eigenvalue weighted by atomic mass is 10.0. The van der Waals surface area contributed by atoms with Gasteiger partial charge in [-0.1, -0.05) is 61.4 Å². The van der Waals surface area contributed by atoms with Crippen molar-refractivity contribution in [2.75, 3.05) is 31.1 Å². The Morgan fingerprint density at radius 2 is 1.52 bits per heavy atom. The zero-order valence-corrected chi connectivity index (χ0v) is 19.0. The zero-order chi connectivity index (χ0) is 21.5. The van der Waals surface area contributed by atoms with Gasteiger partial charge in [0.1, 0.15) is 0 Å². The fourth-order valence-corrected chi connectivity index (χ4v) is 5.19. The lowest BCUT2D eigenvalue weighted by Gasteiger charge is -2.39. The van der Waals surface area contributed by atoms with Crippen molar-refractivity contribution in [2.24, 2.45) is 0 Å².